The number of nitrogens with one attached hydrogen (secondary N) is 1. The van der Waals surface area contributed by atoms with Gasteiger partial charge in [0.2, 0.25) is 0 Å². The van der Waals surface area contributed by atoms with Gasteiger partial charge in [-0.3, -0.25) is 0 Å². The van der Waals surface area contributed by atoms with E-state index in [0.29, 0.717) is 12.1 Å². The van der Waals surface area contributed by atoms with Crippen molar-refractivity contribution in [1.82, 2.24) is 10.2 Å². The molecule has 0 fully saturated rings. The van der Waals surface area contributed by atoms with Crippen molar-refractivity contribution in [1.29, 1.82) is 5.26 Å². The van der Waals surface area contributed by atoms with Gasteiger partial charge >= 0.3 is 0 Å². The lowest BCUT2D eigenvalue weighted by molar-refractivity contribution is 0.252. The minimum absolute atomic E-state index is 0.0929. The lowest BCUT2D eigenvalue weighted by Crippen LogP contribution is -2.35. The molecule has 2 aromatic rings. The van der Waals surface area contributed by atoms with Crippen LogP contribution in [-0.4, -0.2) is 27.4 Å². The number of nitrogens with zero attached hydrogens (tertiary/aromatic N) is 3. The molecule has 0 saturated heterocycles. The highest BCUT2D eigenvalue weighted by Gasteiger charge is 2.24. The molecule has 0 aliphatic heterocycles. The summed E-state index contributed by atoms with van der Waals surface area (Å²) in [6, 6.07) is 9.66. The molecule has 0 aliphatic rings. The van der Waals surface area contributed by atoms with Crippen molar-refractivity contribution in [2.24, 2.45) is 0 Å². The van der Waals surface area contributed by atoms with Gasteiger partial charge in [0.05, 0.1) is 11.2 Å². The third kappa shape index (κ3) is 2.70. The Balaban J connectivity index is 2.54. The van der Waals surface area contributed by atoms with Gasteiger partial charge in [-0.25, -0.2) is 0 Å². The van der Waals surface area contributed by atoms with Crippen LogP contribution >= 0.6 is 0 Å². The summed E-state index contributed by atoms with van der Waals surface area (Å²) < 4.78 is 0. The number of anilines is 1. The molecule has 1 heterocycles. The Labute approximate surface area is 118 Å². The highest BCUT2D eigenvalue weighted by atomic mass is 16.3. The van der Waals surface area contributed by atoms with E-state index in [2.05, 4.69) is 21.6 Å². The summed E-state index contributed by atoms with van der Waals surface area (Å²) >= 11 is 0. The van der Waals surface area contributed by atoms with Crippen LogP contribution in [-0.2, 0) is 0 Å². The number of nitriles is 1. The summed E-state index contributed by atoms with van der Waals surface area (Å²) in [4.78, 5) is 0. The number of aromatic nitrogens is 2. The van der Waals surface area contributed by atoms with E-state index in [1.807, 2.05) is 38.1 Å². The first kappa shape index (κ1) is 14.2. The molecule has 20 heavy (non-hydrogen) atoms. The van der Waals surface area contributed by atoms with Crippen molar-refractivity contribution in [2.75, 3.05) is 11.9 Å². The first-order valence-corrected chi connectivity index (χ1v) is 6.68. The number of aliphatic hydroxyl groups excluding tert-OH is 1. The Morgan fingerprint density at radius 1 is 1.35 bits per heavy atom. The molecule has 1 aromatic carbocycles. The van der Waals surface area contributed by atoms with Gasteiger partial charge in [-0.15, -0.1) is 10.2 Å². The zero-order chi connectivity index (χ0) is 14.6. The molecule has 5 heteroatoms. The number of aliphatic hydroxyl groups is 1. The maximum absolute atomic E-state index is 9.24. The predicted octanol–water partition coefficient (Wildman–Crippen LogP) is 2.46. The Kier molecular flexibility index (Phi) is 4.16. The van der Waals surface area contributed by atoms with Crippen LogP contribution in [0.15, 0.2) is 24.3 Å². The fourth-order valence-electron chi connectivity index (χ4n) is 2.13. The second-order valence-electron chi connectivity index (χ2n) is 5.07. The van der Waals surface area contributed by atoms with Crippen molar-refractivity contribution >= 4 is 16.6 Å². The highest BCUT2D eigenvalue weighted by molar-refractivity contribution is 5.93. The number of hydrogen-bond donors (Lipinski definition) is 2. The monoisotopic (exact) mass is 270 g/mol. The molecular formula is C15H18N4O. The largest absolute Gasteiger partial charge is 0.396 e. The van der Waals surface area contributed by atoms with E-state index in [1.165, 1.54) is 0 Å². The summed E-state index contributed by atoms with van der Waals surface area (Å²) in [7, 11) is 0. The third-order valence-electron chi connectivity index (χ3n) is 3.64. The van der Waals surface area contributed by atoms with Crippen molar-refractivity contribution in [3.8, 4) is 6.07 Å². The van der Waals surface area contributed by atoms with Crippen LogP contribution in [0.1, 0.15) is 32.4 Å². The van der Waals surface area contributed by atoms with Gasteiger partial charge in [-0.1, -0.05) is 25.1 Å². The average Bonchev–Trinajstić information content (AvgIpc) is 2.48. The molecule has 0 saturated carbocycles. The molecule has 2 N–H and O–H groups in total. The zero-order valence-electron chi connectivity index (χ0n) is 11.7. The molecule has 104 valence electrons. The summed E-state index contributed by atoms with van der Waals surface area (Å²) in [6.45, 7) is 4.17. The minimum atomic E-state index is -0.286. The summed E-state index contributed by atoms with van der Waals surface area (Å²) in [5.41, 5.74) is 1.43. The Morgan fingerprint density at radius 3 is 2.75 bits per heavy atom. The Bertz CT molecular complexity index is 650. The van der Waals surface area contributed by atoms with Gasteiger partial charge in [0.15, 0.2) is 5.69 Å². The van der Waals surface area contributed by atoms with Gasteiger partial charge in [0.1, 0.15) is 6.07 Å². The highest BCUT2D eigenvalue weighted by Crippen LogP contribution is 2.29. The fourth-order valence-corrected chi connectivity index (χ4v) is 2.13. The number of rotatable bonds is 5. The molecule has 0 bridgehead atoms. The Morgan fingerprint density at radius 2 is 2.10 bits per heavy atom. The third-order valence-corrected chi connectivity index (χ3v) is 3.64. The van der Waals surface area contributed by atoms with Crippen molar-refractivity contribution in [3.05, 3.63) is 30.0 Å². The summed E-state index contributed by atoms with van der Waals surface area (Å²) in [5, 5.41) is 30.7. The van der Waals surface area contributed by atoms with Crippen molar-refractivity contribution in [3.63, 3.8) is 0 Å². The van der Waals surface area contributed by atoms with Gasteiger partial charge in [-0.05, 0) is 25.8 Å². The molecule has 0 radical (unpaired) electrons. The topological polar surface area (TPSA) is 81.8 Å². The maximum Gasteiger partial charge on any atom is 0.186 e. The number of benzene rings is 1. The lowest BCUT2D eigenvalue weighted by atomic mass is 9.94. The quantitative estimate of drug-likeness (QED) is 0.872. The molecule has 1 atom stereocenters. The Hall–Kier alpha value is -2.19. The molecule has 2 rings (SSSR count). The van der Waals surface area contributed by atoms with Crippen LogP contribution in [0.5, 0.6) is 0 Å². The van der Waals surface area contributed by atoms with Crippen LogP contribution in [0.25, 0.3) is 10.9 Å². The van der Waals surface area contributed by atoms with Crippen LogP contribution in [0, 0.1) is 11.3 Å². The second kappa shape index (κ2) is 5.85. The summed E-state index contributed by atoms with van der Waals surface area (Å²) in [5.74, 6) is 0. The molecule has 5 nitrogen and oxygen atoms in total. The molecule has 0 amide bonds. The van der Waals surface area contributed by atoms with Gasteiger partial charge < -0.3 is 10.4 Å². The fraction of sp³-hybridized carbons (Fsp3) is 0.400. The lowest BCUT2D eigenvalue weighted by Gasteiger charge is -2.30. The first-order valence-electron chi connectivity index (χ1n) is 6.68. The van der Waals surface area contributed by atoms with Crippen molar-refractivity contribution < 1.29 is 5.11 Å². The minimum Gasteiger partial charge on any atom is -0.396 e. The van der Waals surface area contributed by atoms with E-state index >= 15 is 0 Å². The zero-order valence-corrected chi connectivity index (χ0v) is 11.7. The van der Waals surface area contributed by atoms with Crippen LogP contribution in [0.2, 0.25) is 0 Å². The van der Waals surface area contributed by atoms with Gasteiger partial charge in [-0.2, -0.15) is 5.26 Å². The van der Waals surface area contributed by atoms with E-state index in [1.54, 1.807) is 0 Å². The first-order chi connectivity index (χ1) is 9.63. The number of fused-ring (bicyclic) bond motifs is 1. The SMILES string of the molecule is CCC(C)(CCO)Nc1c(C#N)nnc2ccccc12. The second-order valence-corrected chi connectivity index (χ2v) is 5.07. The maximum atomic E-state index is 9.24. The average molecular weight is 270 g/mol. The molecular weight excluding hydrogens is 252 g/mol. The van der Waals surface area contributed by atoms with Gasteiger partial charge in [0.25, 0.3) is 0 Å². The normalized spacial score (nSPS) is 13.7. The standard InChI is InChI=1S/C15H18N4O/c1-3-15(2,8-9-20)17-14-11-6-4-5-7-12(11)18-19-13(14)10-16/h4-7,20H,3,8-9H2,1-2H3,(H,17,18). The van der Waals surface area contributed by atoms with E-state index in [-0.39, 0.29) is 17.8 Å². The van der Waals surface area contributed by atoms with E-state index < -0.39 is 0 Å². The predicted molar refractivity (Wildman–Crippen MR) is 78.3 cm³/mol. The van der Waals surface area contributed by atoms with E-state index in [4.69, 9.17) is 0 Å². The van der Waals surface area contributed by atoms with Crippen LogP contribution in [0.4, 0.5) is 5.69 Å². The van der Waals surface area contributed by atoms with E-state index in [9.17, 15) is 10.4 Å². The number of hydrogen-bond acceptors (Lipinski definition) is 5. The molecule has 1 aromatic heterocycles. The van der Waals surface area contributed by atoms with Crippen LogP contribution < -0.4 is 5.32 Å². The molecule has 1 unspecified atom stereocenters. The van der Waals surface area contributed by atoms with Crippen molar-refractivity contribution in [2.45, 2.75) is 32.2 Å². The smallest absolute Gasteiger partial charge is 0.186 e. The summed E-state index contributed by atoms with van der Waals surface area (Å²) in [6.07, 6.45) is 1.43. The van der Waals surface area contributed by atoms with Crippen LogP contribution in [0.3, 0.4) is 0 Å². The van der Waals surface area contributed by atoms with Gasteiger partial charge in [0, 0.05) is 17.5 Å². The molecule has 0 aliphatic carbocycles. The van der Waals surface area contributed by atoms with E-state index in [0.717, 1.165) is 17.3 Å². The molecule has 0 spiro atoms.